The number of para-hydroxylation sites is 1. The molecule has 0 amide bonds. The van der Waals surface area contributed by atoms with Gasteiger partial charge >= 0.3 is 11.9 Å². The van der Waals surface area contributed by atoms with Crippen LogP contribution in [0.1, 0.15) is 15.9 Å². The zero-order valence-corrected chi connectivity index (χ0v) is 12.1. The Hall–Kier alpha value is -3.35. The molecule has 0 spiro atoms. The lowest BCUT2D eigenvalue weighted by atomic mass is 10.1. The molecule has 0 heterocycles. The molecule has 0 saturated carbocycles. The van der Waals surface area contributed by atoms with Crippen molar-refractivity contribution in [1.29, 1.82) is 5.41 Å². The van der Waals surface area contributed by atoms with E-state index in [1.807, 2.05) is 0 Å². The van der Waals surface area contributed by atoms with Gasteiger partial charge in [-0.1, -0.05) is 24.3 Å². The van der Waals surface area contributed by atoms with Gasteiger partial charge in [-0.05, 0) is 29.8 Å². The van der Waals surface area contributed by atoms with E-state index in [9.17, 15) is 9.59 Å². The van der Waals surface area contributed by atoms with E-state index in [0.717, 1.165) is 0 Å². The second-order valence-corrected chi connectivity index (χ2v) is 4.69. The number of nitrogens with two attached hydrogens (primary N) is 1. The molecule has 7 heteroatoms. The number of anilines is 1. The Bertz CT molecular complexity index is 741. The molecular formula is C16H15N3O4. The smallest absolute Gasteiger partial charge is 0.345 e. The van der Waals surface area contributed by atoms with Crippen LogP contribution in [0.5, 0.6) is 5.75 Å². The Labute approximate surface area is 132 Å². The summed E-state index contributed by atoms with van der Waals surface area (Å²) >= 11 is 0. The van der Waals surface area contributed by atoms with Crippen LogP contribution in [0.3, 0.4) is 0 Å². The van der Waals surface area contributed by atoms with Crippen LogP contribution in [-0.2, 0) is 11.2 Å². The normalized spacial score (nSPS) is 9.91. The molecule has 0 unspecified atom stereocenters. The average molecular weight is 313 g/mol. The molecule has 0 radical (unpaired) electrons. The van der Waals surface area contributed by atoms with E-state index in [0.29, 0.717) is 17.0 Å². The first-order valence-corrected chi connectivity index (χ1v) is 6.68. The van der Waals surface area contributed by atoms with Crippen molar-refractivity contribution in [3.8, 4) is 5.75 Å². The lowest BCUT2D eigenvalue weighted by molar-refractivity contribution is -0.136. The van der Waals surface area contributed by atoms with Crippen LogP contribution in [0.2, 0.25) is 0 Å². The molecule has 0 saturated heterocycles. The van der Waals surface area contributed by atoms with E-state index in [4.69, 9.17) is 21.0 Å². The Kier molecular flexibility index (Phi) is 4.93. The van der Waals surface area contributed by atoms with Gasteiger partial charge in [0, 0.05) is 0 Å². The number of hydrogen-bond donors (Lipinski definition) is 4. The van der Waals surface area contributed by atoms with E-state index >= 15 is 0 Å². The van der Waals surface area contributed by atoms with E-state index in [2.05, 4.69) is 5.32 Å². The molecule has 0 aromatic heterocycles. The first kappa shape index (κ1) is 16.0. The molecule has 0 aliphatic carbocycles. The number of aliphatic carboxylic acids is 1. The maximum absolute atomic E-state index is 12.2. The third-order valence-electron chi connectivity index (χ3n) is 2.91. The SMILES string of the molecule is N=C(N)Nc1ccccc1C(=O)Oc1ccc(CC(=O)O)cc1. The summed E-state index contributed by atoms with van der Waals surface area (Å²) in [5.41, 5.74) is 6.48. The minimum absolute atomic E-state index is 0.0976. The second-order valence-electron chi connectivity index (χ2n) is 4.69. The molecule has 5 N–H and O–H groups in total. The van der Waals surface area contributed by atoms with Gasteiger partial charge in [-0.2, -0.15) is 0 Å². The molecule has 0 aliphatic rings. The van der Waals surface area contributed by atoms with Crippen LogP contribution < -0.4 is 15.8 Å². The van der Waals surface area contributed by atoms with Crippen LogP contribution in [0, 0.1) is 5.41 Å². The number of ether oxygens (including phenoxy) is 1. The summed E-state index contributed by atoms with van der Waals surface area (Å²) in [6.07, 6.45) is -0.0976. The van der Waals surface area contributed by atoms with Crippen molar-refractivity contribution in [1.82, 2.24) is 0 Å². The number of benzene rings is 2. The minimum Gasteiger partial charge on any atom is -0.481 e. The number of guanidine groups is 1. The van der Waals surface area contributed by atoms with Gasteiger partial charge < -0.3 is 20.9 Å². The zero-order valence-electron chi connectivity index (χ0n) is 12.1. The minimum atomic E-state index is -0.932. The maximum Gasteiger partial charge on any atom is 0.345 e. The fraction of sp³-hybridized carbons (Fsp3) is 0.0625. The van der Waals surface area contributed by atoms with Gasteiger partial charge in [0.1, 0.15) is 5.75 Å². The number of carbonyl (C=O) groups excluding carboxylic acids is 1. The molecule has 118 valence electrons. The van der Waals surface area contributed by atoms with Crippen molar-refractivity contribution >= 4 is 23.6 Å². The fourth-order valence-electron chi connectivity index (χ4n) is 1.93. The van der Waals surface area contributed by atoms with Gasteiger partial charge in [-0.25, -0.2) is 4.79 Å². The second kappa shape index (κ2) is 7.08. The predicted molar refractivity (Wildman–Crippen MR) is 84.7 cm³/mol. The number of rotatable bonds is 5. The van der Waals surface area contributed by atoms with Crippen molar-refractivity contribution in [3.05, 3.63) is 59.7 Å². The molecule has 2 aromatic rings. The number of carboxylic acids is 1. The van der Waals surface area contributed by atoms with Gasteiger partial charge in [0.15, 0.2) is 5.96 Å². The Morgan fingerprint density at radius 3 is 2.39 bits per heavy atom. The predicted octanol–water partition coefficient (Wildman–Crippen LogP) is 1.84. The Balaban J connectivity index is 2.13. The van der Waals surface area contributed by atoms with Crippen LogP contribution in [0.25, 0.3) is 0 Å². The van der Waals surface area contributed by atoms with Crippen molar-refractivity contribution in [2.75, 3.05) is 5.32 Å². The zero-order chi connectivity index (χ0) is 16.8. The van der Waals surface area contributed by atoms with Crippen LogP contribution in [0.15, 0.2) is 48.5 Å². The molecular weight excluding hydrogens is 298 g/mol. The number of nitrogens with one attached hydrogen (secondary N) is 2. The third kappa shape index (κ3) is 4.57. The number of hydrogen-bond acceptors (Lipinski definition) is 4. The molecule has 0 fully saturated rings. The fourth-order valence-corrected chi connectivity index (χ4v) is 1.93. The highest BCUT2D eigenvalue weighted by Crippen LogP contribution is 2.19. The van der Waals surface area contributed by atoms with Gasteiger partial charge in [-0.3, -0.25) is 10.2 Å². The summed E-state index contributed by atoms with van der Waals surface area (Å²) in [5.74, 6) is -1.54. The standard InChI is InChI=1S/C16H15N3O4/c17-16(18)19-13-4-2-1-3-12(13)15(22)23-11-7-5-10(6-8-11)9-14(20)21/h1-8H,9H2,(H,20,21)(H4,17,18,19). The largest absolute Gasteiger partial charge is 0.481 e. The van der Waals surface area contributed by atoms with Crippen molar-refractivity contribution < 1.29 is 19.4 Å². The van der Waals surface area contributed by atoms with Gasteiger partial charge in [0.05, 0.1) is 17.7 Å². The summed E-state index contributed by atoms with van der Waals surface area (Å²) in [6.45, 7) is 0. The van der Waals surface area contributed by atoms with Crippen LogP contribution in [0.4, 0.5) is 5.69 Å². The molecule has 23 heavy (non-hydrogen) atoms. The number of carboxylic acid groups (broad SMARTS) is 1. The van der Waals surface area contributed by atoms with E-state index < -0.39 is 11.9 Å². The summed E-state index contributed by atoms with van der Waals surface area (Å²) in [4.78, 5) is 22.8. The Morgan fingerprint density at radius 1 is 1.13 bits per heavy atom. The highest BCUT2D eigenvalue weighted by Gasteiger charge is 2.14. The quantitative estimate of drug-likeness (QED) is 0.289. The monoisotopic (exact) mass is 313 g/mol. The number of carbonyl (C=O) groups is 2. The number of esters is 1. The van der Waals surface area contributed by atoms with Crippen LogP contribution in [-0.4, -0.2) is 23.0 Å². The van der Waals surface area contributed by atoms with Crippen molar-refractivity contribution in [2.45, 2.75) is 6.42 Å². The van der Waals surface area contributed by atoms with Gasteiger partial charge in [0.2, 0.25) is 0 Å². The molecule has 0 bridgehead atoms. The highest BCUT2D eigenvalue weighted by atomic mass is 16.5. The van der Waals surface area contributed by atoms with Gasteiger partial charge in [-0.15, -0.1) is 0 Å². The lowest BCUT2D eigenvalue weighted by Gasteiger charge is -2.10. The first-order chi connectivity index (χ1) is 11.0. The lowest BCUT2D eigenvalue weighted by Crippen LogP contribution is -2.22. The Morgan fingerprint density at radius 2 is 1.78 bits per heavy atom. The molecule has 7 nitrogen and oxygen atoms in total. The molecule has 0 atom stereocenters. The summed E-state index contributed by atoms with van der Waals surface area (Å²) in [7, 11) is 0. The van der Waals surface area contributed by atoms with Crippen molar-refractivity contribution in [2.24, 2.45) is 5.73 Å². The molecule has 0 aliphatic heterocycles. The summed E-state index contributed by atoms with van der Waals surface area (Å²) < 4.78 is 5.24. The van der Waals surface area contributed by atoms with E-state index in [1.165, 1.54) is 12.1 Å². The summed E-state index contributed by atoms with van der Waals surface area (Å²) in [5, 5.41) is 18.5. The first-order valence-electron chi connectivity index (χ1n) is 6.68. The van der Waals surface area contributed by atoms with Crippen molar-refractivity contribution in [3.63, 3.8) is 0 Å². The topological polar surface area (TPSA) is 126 Å². The van der Waals surface area contributed by atoms with E-state index in [-0.39, 0.29) is 17.9 Å². The molecule has 2 aromatic carbocycles. The maximum atomic E-state index is 12.2. The average Bonchev–Trinajstić information content (AvgIpc) is 2.48. The third-order valence-corrected chi connectivity index (χ3v) is 2.91. The highest BCUT2D eigenvalue weighted by molar-refractivity contribution is 6.01. The van der Waals surface area contributed by atoms with Crippen LogP contribution >= 0.6 is 0 Å². The summed E-state index contributed by atoms with van der Waals surface area (Å²) in [6, 6.07) is 12.7. The van der Waals surface area contributed by atoms with E-state index in [1.54, 1.807) is 36.4 Å². The molecule has 2 rings (SSSR count). The van der Waals surface area contributed by atoms with Gasteiger partial charge in [0.25, 0.3) is 0 Å².